The Bertz CT molecular complexity index is 922. The van der Waals surface area contributed by atoms with Crippen LogP contribution < -0.4 is 0 Å². The van der Waals surface area contributed by atoms with Crippen molar-refractivity contribution in [3.8, 4) is 5.69 Å². The first-order valence-corrected chi connectivity index (χ1v) is 6.62. The molecule has 0 N–H and O–H groups in total. The summed E-state index contributed by atoms with van der Waals surface area (Å²) in [5.41, 5.74) is 5.27. The number of rotatable bonds is 1. The van der Waals surface area contributed by atoms with Gasteiger partial charge in [0.1, 0.15) is 6.33 Å². The highest BCUT2D eigenvalue weighted by Crippen LogP contribution is 2.25. The van der Waals surface area contributed by atoms with E-state index >= 15 is 0 Å². The van der Waals surface area contributed by atoms with Gasteiger partial charge in [0.25, 0.3) is 0 Å². The molecular formula is C17H13N3. The van der Waals surface area contributed by atoms with Crippen LogP contribution in [0.2, 0.25) is 0 Å². The Balaban J connectivity index is 2.12. The number of aromatic nitrogens is 3. The average Bonchev–Trinajstić information content (AvgIpc) is 2.90. The summed E-state index contributed by atoms with van der Waals surface area (Å²) >= 11 is 0. The van der Waals surface area contributed by atoms with Crippen LogP contribution in [0.15, 0.2) is 60.9 Å². The molecule has 2 aromatic carbocycles. The predicted molar refractivity (Wildman–Crippen MR) is 81.1 cm³/mol. The standard InChI is InChI=1S/C17H13N3/c1-12-10-17(13-6-2-3-7-14(13)19-12)20-11-18-15-8-4-5-9-16(15)20/h2-11H,1H3. The monoisotopic (exact) mass is 259 g/mol. The van der Waals surface area contributed by atoms with Crippen molar-refractivity contribution in [2.45, 2.75) is 6.92 Å². The van der Waals surface area contributed by atoms with Crippen LogP contribution in [0.4, 0.5) is 0 Å². The number of benzene rings is 2. The third-order valence-electron chi connectivity index (χ3n) is 3.54. The summed E-state index contributed by atoms with van der Waals surface area (Å²) in [4.78, 5) is 9.07. The molecule has 3 nitrogen and oxygen atoms in total. The highest BCUT2D eigenvalue weighted by molar-refractivity contribution is 5.90. The largest absolute Gasteiger partial charge is 0.298 e. The Morgan fingerprint density at radius 2 is 1.65 bits per heavy atom. The van der Waals surface area contributed by atoms with E-state index in [9.17, 15) is 0 Å². The second kappa shape index (κ2) is 4.17. The molecule has 4 rings (SSSR count). The molecule has 0 aliphatic rings. The first-order valence-electron chi connectivity index (χ1n) is 6.62. The molecule has 0 unspecified atom stereocenters. The van der Waals surface area contributed by atoms with Gasteiger partial charge in [0.15, 0.2) is 0 Å². The number of aryl methyl sites for hydroxylation is 1. The van der Waals surface area contributed by atoms with Gasteiger partial charge in [-0.15, -0.1) is 0 Å². The fourth-order valence-electron chi connectivity index (χ4n) is 2.64. The van der Waals surface area contributed by atoms with Gasteiger partial charge in [-0.25, -0.2) is 4.98 Å². The number of hydrogen-bond donors (Lipinski definition) is 0. The minimum absolute atomic E-state index is 1.01. The summed E-state index contributed by atoms with van der Waals surface area (Å²) in [6.07, 6.45) is 1.88. The first-order chi connectivity index (χ1) is 9.83. The number of para-hydroxylation sites is 3. The first kappa shape index (κ1) is 11.2. The van der Waals surface area contributed by atoms with Crippen molar-refractivity contribution in [1.82, 2.24) is 14.5 Å². The van der Waals surface area contributed by atoms with Gasteiger partial charge in [-0.2, -0.15) is 0 Å². The van der Waals surface area contributed by atoms with Crippen molar-refractivity contribution >= 4 is 21.9 Å². The zero-order valence-corrected chi connectivity index (χ0v) is 11.1. The second-order valence-electron chi connectivity index (χ2n) is 4.90. The normalized spacial score (nSPS) is 11.2. The van der Waals surface area contributed by atoms with Crippen molar-refractivity contribution in [3.63, 3.8) is 0 Å². The maximum absolute atomic E-state index is 4.59. The lowest BCUT2D eigenvalue weighted by Gasteiger charge is -2.09. The Morgan fingerprint density at radius 3 is 2.55 bits per heavy atom. The minimum Gasteiger partial charge on any atom is -0.298 e. The average molecular weight is 259 g/mol. The topological polar surface area (TPSA) is 30.7 Å². The Hall–Kier alpha value is -2.68. The summed E-state index contributed by atoms with van der Waals surface area (Å²) in [5.74, 6) is 0. The molecule has 0 aliphatic heterocycles. The van der Waals surface area contributed by atoms with Gasteiger partial charge in [0.05, 0.1) is 22.2 Å². The van der Waals surface area contributed by atoms with Crippen LogP contribution in [-0.4, -0.2) is 14.5 Å². The number of imidazole rings is 1. The summed E-state index contributed by atoms with van der Waals surface area (Å²) in [7, 11) is 0. The maximum atomic E-state index is 4.59. The molecular weight excluding hydrogens is 246 g/mol. The lowest BCUT2D eigenvalue weighted by molar-refractivity contribution is 1.09. The Labute approximate surface area is 116 Å². The van der Waals surface area contributed by atoms with Crippen LogP contribution in [0.1, 0.15) is 5.69 Å². The van der Waals surface area contributed by atoms with E-state index < -0.39 is 0 Å². The SMILES string of the molecule is Cc1cc(-n2cnc3ccccc32)c2ccccc2n1. The summed E-state index contributed by atoms with van der Waals surface area (Å²) in [6, 6.07) is 18.5. The van der Waals surface area contributed by atoms with Gasteiger partial charge in [-0.05, 0) is 31.2 Å². The van der Waals surface area contributed by atoms with Crippen LogP contribution in [0.25, 0.3) is 27.6 Å². The fraction of sp³-hybridized carbons (Fsp3) is 0.0588. The lowest BCUT2D eigenvalue weighted by Crippen LogP contribution is -1.96. The zero-order chi connectivity index (χ0) is 13.5. The van der Waals surface area contributed by atoms with E-state index in [0.29, 0.717) is 0 Å². The molecule has 2 aromatic heterocycles. The highest BCUT2D eigenvalue weighted by atomic mass is 15.1. The molecule has 0 fully saturated rings. The molecule has 0 saturated heterocycles. The summed E-state index contributed by atoms with van der Waals surface area (Å²) in [5, 5.41) is 1.14. The zero-order valence-electron chi connectivity index (χ0n) is 11.1. The van der Waals surface area contributed by atoms with E-state index in [1.807, 2.05) is 49.6 Å². The molecule has 0 aliphatic carbocycles. The van der Waals surface area contributed by atoms with Crippen LogP contribution in [0.3, 0.4) is 0 Å². The van der Waals surface area contributed by atoms with Gasteiger partial charge in [-0.1, -0.05) is 30.3 Å². The molecule has 20 heavy (non-hydrogen) atoms. The maximum Gasteiger partial charge on any atom is 0.100 e. The fourth-order valence-corrected chi connectivity index (χ4v) is 2.64. The molecule has 0 spiro atoms. The third-order valence-corrected chi connectivity index (χ3v) is 3.54. The second-order valence-corrected chi connectivity index (χ2v) is 4.90. The van der Waals surface area contributed by atoms with Crippen LogP contribution in [0, 0.1) is 6.92 Å². The van der Waals surface area contributed by atoms with Gasteiger partial charge in [0.2, 0.25) is 0 Å². The van der Waals surface area contributed by atoms with Crippen LogP contribution in [0.5, 0.6) is 0 Å². The van der Waals surface area contributed by atoms with Crippen LogP contribution in [-0.2, 0) is 0 Å². The molecule has 4 aromatic rings. The molecule has 2 heterocycles. The van der Waals surface area contributed by atoms with Crippen molar-refractivity contribution in [3.05, 3.63) is 66.6 Å². The van der Waals surface area contributed by atoms with E-state index in [4.69, 9.17) is 0 Å². The Morgan fingerprint density at radius 1 is 0.900 bits per heavy atom. The van der Waals surface area contributed by atoms with Gasteiger partial charge >= 0.3 is 0 Å². The van der Waals surface area contributed by atoms with Gasteiger partial charge < -0.3 is 0 Å². The predicted octanol–water partition coefficient (Wildman–Crippen LogP) is 3.88. The third kappa shape index (κ3) is 1.60. The highest BCUT2D eigenvalue weighted by Gasteiger charge is 2.08. The molecule has 0 radical (unpaired) electrons. The van der Waals surface area contributed by atoms with E-state index in [1.54, 1.807) is 0 Å². The number of hydrogen-bond acceptors (Lipinski definition) is 2. The molecule has 0 amide bonds. The Kier molecular flexibility index (Phi) is 2.33. The quantitative estimate of drug-likeness (QED) is 0.519. The summed E-state index contributed by atoms with van der Waals surface area (Å²) < 4.78 is 2.13. The molecule has 0 bridgehead atoms. The number of nitrogens with zero attached hydrogens (tertiary/aromatic N) is 3. The lowest BCUT2D eigenvalue weighted by atomic mass is 10.1. The minimum atomic E-state index is 1.01. The van der Waals surface area contributed by atoms with Gasteiger partial charge in [0, 0.05) is 11.1 Å². The number of pyridine rings is 1. The molecule has 3 heteroatoms. The van der Waals surface area contributed by atoms with E-state index in [-0.39, 0.29) is 0 Å². The van der Waals surface area contributed by atoms with Crippen molar-refractivity contribution in [2.75, 3.05) is 0 Å². The van der Waals surface area contributed by atoms with E-state index in [1.165, 1.54) is 0 Å². The summed E-state index contributed by atoms with van der Waals surface area (Å²) in [6.45, 7) is 2.02. The van der Waals surface area contributed by atoms with E-state index in [2.05, 4.69) is 32.7 Å². The smallest absolute Gasteiger partial charge is 0.100 e. The molecule has 96 valence electrons. The van der Waals surface area contributed by atoms with Gasteiger partial charge in [-0.3, -0.25) is 9.55 Å². The van der Waals surface area contributed by atoms with Crippen molar-refractivity contribution in [2.24, 2.45) is 0 Å². The van der Waals surface area contributed by atoms with Crippen molar-refractivity contribution in [1.29, 1.82) is 0 Å². The van der Waals surface area contributed by atoms with Crippen molar-refractivity contribution < 1.29 is 0 Å². The van der Waals surface area contributed by atoms with Crippen LogP contribution >= 0.6 is 0 Å². The molecule has 0 atom stereocenters. The molecule has 0 saturated carbocycles. The van der Waals surface area contributed by atoms with E-state index in [0.717, 1.165) is 33.3 Å². The number of fused-ring (bicyclic) bond motifs is 2.